The maximum atomic E-state index is 10.2. The molecule has 1 fully saturated rings. The van der Waals surface area contributed by atoms with E-state index in [4.69, 9.17) is 5.10 Å². The molecule has 1 aliphatic heterocycles. The van der Waals surface area contributed by atoms with Crippen molar-refractivity contribution in [3.05, 3.63) is 53.1 Å². The lowest BCUT2D eigenvalue weighted by atomic mass is 10.0. The molecule has 0 atom stereocenters. The lowest BCUT2D eigenvalue weighted by Gasteiger charge is -2.33. The topological polar surface area (TPSA) is 92.0 Å². The molecule has 2 N–H and O–H groups in total. The minimum absolute atomic E-state index is 0.186. The van der Waals surface area contributed by atoms with Crippen LogP contribution >= 0.6 is 15.9 Å². The van der Waals surface area contributed by atoms with E-state index in [1.165, 1.54) is 0 Å². The Labute approximate surface area is 188 Å². The van der Waals surface area contributed by atoms with Gasteiger partial charge in [-0.1, -0.05) is 12.1 Å². The van der Waals surface area contributed by atoms with Gasteiger partial charge < -0.3 is 15.3 Å². The summed E-state index contributed by atoms with van der Waals surface area (Å²) in [7, 11) is 1.84. The summed E-state index contributed by atoms with van der Waals surface area (Å²) in [5.41, 5.74) is 2.94. The number of phenols is 1. The third-order valence-corrected chi connectivity index (χ3v) is 6.18. The standard InChI is InChI=1S/C22H22BrN7O/c1-24-22-21-18(12-17(26-27-21)16-4-2-3-5-19(16)31)30(28-22)15-8-10-29(11-9-15)20-7-6-14(23)13-25-20/h2-7,12-13,15,31H,8-11H2,1H3,(H,24,28). The Bertz CT molecular complexity index is 1220. The summed E-state index contributed by atoms with van der Waals surface area (Å²) in [5.74, 6) is 1.89. The van der Waals surface area contributed by atoms with Crippen molar-refractivity contribution in [2.45, 2.75) is 18.9 Å². The summed E-state index contributed by atoms with van der Waals surface area (Å²) in [6.07, 6.45) is 3.73. The lowest BCUT2D eigenvalue weighted by molar-refractivity contribution is 0.376. The Morgan fingerprint density at radius 1 is 1.10 bits per heavy atom. The first-order valence-electron chi connectivity index (χ1n) is 10.2. The van der Waals surface area contributed by atoms with Crippen molar-refractivity contribution in [3.63, 3.8) is 0 Å². The number of phenolic OH excluding ortho intramolecular Hbond substituents is 1. The van der Waals surface area contributed by atoms with Gasteiger partial charge in [-0.05, 0) is 59.1 Å². The monoisotopic (exact) mass is 479 g/mol. The van der Waals surface area contributed by atoms with E-state index in [-0.39, 0.29) is 11.8 Å². The van der Waals surface area contributed by atoms with Gasteiger partial charge in [0, 0.05) is 36.4 Å². The molecule has 0 amide bonds. The predicted molar refractivity (Wildman–Crippen MR) is 124 cm³/mol. The Hall–Kier alpha value is -3.20. The number of piperidine rings is 1. The van der Waals surface area contributed by atoms with Gasteiger partial charge in [-0.2, -0.15) is 5.10 Å². The van der Waals surface area contributed by atoms with Crippen LogP contribution in [0.4, 0.5) is 11.6 Å². The van der Waals surface area contributed by atoms with Crippen LogP contribution in [0.3, 0.4) is 0 Å². The normalized spacial score (nSPS) is 14.8. The summed E-state index contributed by atoms with van der Waals surface area (Å²) in [5, 5.41) is 26.9. The highest BCUT2D eigenvalue weighted by Crippen LogP contribution is 2.33. The summed E-state index contributed by atoms with van der Waals surface area (Å²) in [6, 6.07) is 13.4. The van der Waals surface area contributed by atoms with Gasteiger partial charge in [0.2, 0.25) is 0 Å². The minimum atomic E-state index is 0.186. The zero-order valence-electron chi connectivity index (χ0n) is 17.0. The summed E-state index contributed by atoms with van der Waals surface area (Å²) in [4.78, 5) is 6.83. The van der Waals surface area contributed by atoms with Gasteiger partial charge >= 0.3 is 0 Å². The van der Waals surface area contributed by atoms with E-state index < -0.39 is 0 Å². The van der Waals surface area contributed by atoms with E-state index in [1.54, 1.807) is 12.1 Å². The third kappa shape index (κ3) is 3.69. The molecule has 9 heteroatoms. The number of pyridine rings is 1. The number of fused-ring (bicyclic) bond motifs is 1. The van der Waals surface area contributed by atoms with Crippen molar-refractivity contribution >= 4 is 38.6 Å². The van der Waals surface area contributed by atoms with Crippen molar-refractivity contribution in [3.8, 4) is 17.0 Å². The maximum Gasteiger partial charge on any atom is 0.176 e. The van der Waals surface area contributed by atoms with Gasteiger partial charge in [0.05, 0.1) is 17.3 Å². The first-order chi connectivity index (χ1) is 15.1. The number of benzene rings is 1. The molecule has 1 saturated heterocycles. The number of nitrogens with one attached hydrogen (secondary N) is 1. The van der Waals surface area contributed by atoms with E-state index in [2.05, 4.69) is 46.0 Å². The van der Waals surface area contributed by atoms with Crippen LogP contribution in [0.1, 0.15) is 18.9 Å². The van der Waals surface area contributed by atoms with Gasteiger partial charge in [-0.25, -0.2) is 4.98 Å². The molecule has 0 saturated carbocycles. The van der Waals surface area contributed by atoms with Crippen molar-refractivity contribution < 1.29 is 5.11 Å². The average molecular weight is 480 g/mol. The second kappa shape index (κ2) is 8.14. The molecular formula is C22H22BrN7O. The molecule has 8 nitrogen and oxygen atoms in total. The van der Waals surface area contributed by atoms with Crippen LogP contribution < -0.4 is 10.2 Å². The Kier molecular flexibility index (Phi) is 5.19. The molecule has 1 aromatic carbocycles. The Morgan fingerprint density at radius 3 is 2.61 bits per heavy atom. The van der Waals surface area contributed by atoms with Gasteiger partial charge in [0.25, 0.3) is 0 Å². The number of anilines is 2. The molecule has 5 rings (SSSR count). The minimum Gasteiger partial charge on any atom is -0.507 e. The number of hydrogen-bond acceptors (Lipinski definition) is 7. The molecule has 0 radical (unpaired) electrons. The van der Waals surface area contributed by atoms with E-state index in [0.717, 1.165) is 47.3 Å². The SMILES string of the molecule is CNc1nn(C2CCN(c3ccc(Br)cn3)CC2)c2cc(-c3ccccc3O)nnc12. The van der Waals surface area contributed by atoms with Crippen LogP contribution in [0, 0.1) is 0 Å². The first-order valence-corrected chi connectivity index (χ1v) is 11.0. The highest BCUT2D eigenvalue weighted by molar-refractivity contribution is 9.10. The van der Waals surface area contributed by atoms with Crippen LogP contribution in [-0.4, -0.2) is 50.2 Å². The van der Waals surface area contributed by atoms with Crippen molar-refractivity contribution in [2.75, 3.05) is 30.4 Å². The number of rotatable bonds is 4. The molecular weight excluding hydrogens is 458 g/mol. The van der Waals surface area contributed by atoms with Crippen LogP contribution in [0.2, 0.25) is 0 Å². The number of aromatic hydroxyl groups is 1. The molecule has 31 heavy (non-hydrogen) atoms. The molecule has 0 bridgehead atoms. The fourth-order valence-corrected chi connectivity index (χ4v) is 4.33. The molecule has 3 aromatic heterocycles. The third-order valence-electron chi connectivity index (χ3n) is 5.72. The predicted octanol–water partition coefficient (Wildman–Crippen LogP) is 4.24. The van der Waals surface area contributed by atoms with Crippen LogP contribution in [0.5, 0.6) is 5.75 Å². The van der Waals surface area contributed by atoms with Crippen molar-refractivity contribution in [2.24, 2.45) is 0 Å². The summed E-state index contributed by atoms with van der Waals surface area (Å²) in [6.45, 7) is 1.81. The van der Waals surface area contributed by atoms with Gasteiger partial charge in [-0.15, -0.1) is 10.2 Å². The van der Waals surface area contributed by atoms with Crippen molar-refractivity contribution in [1.82, 2.24) is 25.0 Å². The number of hydrogen-bond donors (Lipinski definition) is 2. The van der Waals surface area contributed by atoms with Gasteiger partial charge in [-0.3, -0.25) is 4.68 Å². The molecule has 158 valence electrons. The number of aromatic nitrogens is 5. The average Bonchev–Trinajstić information content (AvgIpc) is 3.18. The largest absolute Gasteiger partial charge is 0.507 e. The first kappa shape index (κ1) is 19.7. The van der Waals surface area contributed by atoms with E-state index in [0.29, 0.717) is 17.1 Å². The highest BCUT2D eigenvalue weighted by atomic mass is 79.9. The van der Waals surface area contributed by atoms with Crippen LogP contribution in [0.15, 0.2) is 53.1 Å². The number of para-hydroxylation sites is 1. The van der Waals surface area contributed by atoms with Crippen molar-refractivity contribution in [1.29, 1.82) is 0 Å². The molecule has 0 aliphatic carbocycles. The maximum absolute atomic E-state index is 10.2. The fourth-order valence-electron chi connectivity index (χ4n) is 4.10. The van der Waals surface area contributed by atoms with Crippen LogP contribution in [-0.2, 0) is 0 Å². The molecule has 0 spiro atoms. The zero-order chi connectivity index (χ0) is 21.4. The highest BCUT2D eigenvalue weighted by Gasteiger charge is 2.25. The smallest absolute Gasteiger partial charge is 0.176 e. The number of nitrogens with zero attached hydrogens (tertiary/aromatic N) is 6. The molecule has 4 aromatic rings. The lowest BCUT2D eigenvalue weighted by Crippen LogP contribution is -2.35. The van der Waals surface area contributed by atoms with E-state index >= 15 is 0 Å². The molecule has 0 unspecified atom stereocenters. The van der Waals surface area contributed by atoms with Crippen LogP contribution in [0.25, 0.3) is 22.3 Å². The zero-order valence-corrected chi connectivity index (χ0v) is 18.6. The molecule has 4 heterocycles. The van der Waals surface area contributed by atoms with E-state index in [9.17, 15) is 5.11 Å². The quantitative estimate of drug-likeness (QED) is 0.452. The van der Waals surface area contributed by atoms with Gasteiger partial charge in [0.1, 0.15) is 11.6 Å². The van der Waals surface area contributed by atoms with Gasteiger partial charge in [0.15, 0.2) is 11.3 Å². The fraction of sp³-hybridized carbons (Fsp3) is 0.273. The van der Waals surface area contributed by atoms with E-state index in [1.807, 2.05) is 43.6 Å². The Morgan fingerprint density at radius 2 is 1.90 bits per heavy atom. The summed E-state index contributed by atoms with van der Waals surface area (Å²) >= 11 is 3.44. The second-order valence-corrected chi connectivity index (χ2v) is 8.49. The second-order valence-electron chi connectivity index (χ2n) is 7.58. The number of halogens is 1. The summed E-state index contributed by atoms with van der Waals surface area (Å²) < 4.78 is 3.04. The Balaban J connectivity index is 1.46. The molecule has 1 aliphatic rings.